The van der Waals surface area contributed by atoms with Gasteiger partial charge in [-0.1, -0.05) is 11.8 Å². The van der Waals surface area contributed by atoms with E-state index in [9.17, 15) is 9.18 Å². The second kappa shape index (κ2) is 6.21. The number of carbonyl (C=O) groups excluding carboxylic acids is 1. The Hall–Kier alpha value is -2.06. The molecule has 0 spiro atoms. The lowest BCUT2D eigenvalue weighted by Crippen LogP contribution is -2.32. The van der Waals surface area contributed by atoms with E-state index in [0.717, 1.165) is 12.8 Å². The number of aliphatic hydroxyl groups is 1. The van der Waals surface area contributed by atoms with Crippen molar-refractivity contribution in [2.45, 2.75) is 12.8 Å². The molecule has 1 aliphatic heterocycles. The number of carbonyl (C=O) groups is 1. The number of urea groups is 1. The van der Waals surface area contributed by atoms with E-state index in [1.165, 1.54) is 12.1 Å². The third-order valence-electron chi connectivity index (χ3n) is 2.92. The van der Waals surface area contributed by atoms with Gasteiger partial charge in [-0.2, -0.15) is 0 Å². The second-order valence-corrected chi connectivity index (χ2v) is 4.28. The fraction of sp³-hybridized carbons (Fsp3) is 0.357. The van der Waals surface area contributed by atoms with Crippen molar-refractivity contribution in [3.8, 4) is 11.8 Å². The first-order valence-electron chi connectivity index (χ1n) is 6.16. The minimum Gasteiger partial charge on any atom is -0.384 e. The lowest BCUT2D eigenvalue weighted by atomic mass is 10.2. The zero-order valence-corrected chi connectivity index (χ0v) is 10.4. The van der Waals surface area contributed by atoms with E-state index in [4.69, 9.17) is 5.11 Å². The fourth-order valence-corrected chi connectivity index (χ4v) is 1.95. The number of anilines is 1. The molecule has 1 aromatic carbocycles. The standard InChI is InChI=1S/C14H15FN2O2/c15-12-10-11(4-3-9-18)5-6-13(12)16-14(19)17-7-1-2-8-17/h5-6,10,18H,1-2,7-9H2,(H,16,19). The molecular weight excluding hydrogens is 247 g/mol. The molecule has 0 bridgehead atoms. The van der Waals surface area contributed by atoms with Crippen LogP contribution in [-0.2, 0) is 0 Å². The molecule has 0 unspecified atom stereocenters. The Labute approximate surface area is 111 Å². The van der Waals surface area contributed by atoms with Gasteiger partial charge in [-0.05, 0) is 31.0 Å². The third-order valence-corrected chi connectivity index (χ3v) is 2.92. The van der Waals surface area contributed by atoms with Gasteiger partial charge in [0.25, 0.3) is 0 Å². The maximum absolute atomic E-state index is 13.8. The van der Waals surface area contributed by atoms with Gasteiger partial charge < -0.3 is 15.3 Å². The lowest BCUT2D eigenvalue weighted by Gasteiger charge is -2.16. The number of rotatable bonds is 1. The van der Waals surface area contributed by atoms with Crippen LogP contribution in [0.25, 0.3) is 0 Å². The van der Waals surface area contributed by atoms with E-state index < -0.39 is 5.82 Å². The summed E-state index contributed by atoms with van der Waals surface area (Å²) in [5, 5.41) is 11.1. The summed E-state index contributed by atoms with van der Waals surface area (Å²) in [6, 6.07) is 4.05. The monoisotopic (exact) mass is 262 g/mol. The van der Waals surface area contributed by atoms with Gasteiger partial charge in [-0.3, -0.25) is 0 Å². The second-order valence-electron chi connectivity index (χ2n) is 4.28. The van der Waals surface area contributed by atoms with Crippen LogP contribution in [0.15, 0.2) is 18.2 Å². The van der Waals surface area contributed by atoms with Crippen LogP contribution in [0, 0.1) is 17.7 Å². The first kappa shape index (κ1) is 13.4. The quantitative estimate of drug-likeness (QED) is 0.758. The minimum absolute atomic E-state index is 0.145. The molecule has 0 aromatic heterocycles. The summed E-state index contributed by atoms with van der Waals surface area (Å²) in [7, 11) is 0. The number of nitrogens with zero attached hydrogens (tertiary/aromatic N) is 1. The first-order valence-corrected chi connectivity index (χ1v) is 6.16. The van der Waals surface area contributed by atoms with E-state index in [1.807, 2.05) is 0 Å². The van der Waals surface area contributed by atoms with Crippen LogP contribution in [0.2, 0.25) is 0 Å². The molecule has 2 rings (SSSR count). The van der Waals surface area contributed by atoms with Crippen LogP contribution in [0.3, 0.4) is 0 Å². The molecule has 0 radical (unpaired) electrons. The first-order chi connectivity index (χ1) is 9.20. The Balaban J connectivity index is 2.06. The molecule has 2 amide bonds. The summed E-state index contributed by atoms with van der Waals surface area (Å²) in [4.78, 5) is 13.5. The number of aliphatic hydroxyl groups excluding tert-OH is 1. The maximum Gasteiger partial charge on any atom is 0.321 e. The van der Waals surface area contributed by atoms with Crippen molar-refractivity contribution in [1.29, 1.82) is 0 Å². The van der Waals surface area contributed by atoms with Gasteiger partial charge in [0.1, 0.15) is 12.4 Å². The fourth-order valence-electron chi connectivity index (χ4n) is 1.95. The van der Waals surface area contributed by atoms with Crippen molar-refractivity contribution in [2.75, 3.05) is 25.0 Å². The highest BCUT2D eigenvalue weighted by molar-refractivity contribution is 5.89. The van der Waals surface area contributed by atoms with Crippen molar-refractivity contribution in [2.24, 2.45) is 0 Å². The van der Waals surface area contributed by atoms with E-state index in [2.05, 4.69) is 17.2 Å². The zero-order valence-electron chi connectivity index (χ0n) is 10.4. The molecule has 0 aliphatic carbocycles. The molecular formula is C14H15FN2O2. The summed E-state index contributed by atoms with van der Waals surface area (Å²) >= 11 is 0. The lowest BCUT2D eigenvalue weighted by molar-refractivity contribution is 0.222. The van der Waals surface area contributed by atoms with E-state index in [-0.39, 0.29) is 18.3 Å². The molecule has 1 fully saturated rings. The largest absolute Gasteiger partial charge is 0.384 e. The van der Waals surface area contributed by atoms with E-state index >= 15 is 0 Å². The number of benzene rings is 1. The Morgan fingerprint density at radius 3 is 2.79 bits per heavy atom. The van der Waals surface area contributed by atoms with Crippen LogP contribution in [-0.4, -0.2) is 35.7 Å². The van der Waals surface area contributed by atoms with Crippen molar-refractivity contribution in [3.63, 3.8) is 0 Å². The molecule has 1 saturated heterocycles. The number of hydrogen-bond donors (Lipinski definition) is 2. The van der Waals surface area contributed by atoms with Crippen LogP contribution in [0.1, 0.15) is 18.4 Å². The maximum atomic E-state index is 13.8. The molecule has 0 atom stereocenters. The Kier molecular flexibility index (Phi) is 4.37. The SMILES string of the molecule is O=C(Nc1ccc(C#CCO)cc1F)N1CCCC1. The minimum atomic E-state index is -0.530. The smallest absolute Gasteiger partial charge is 0.321 e. The summed E-state index contributed by atoms with van der Waals surface area (Å²) < 4.78 is 13.8. The number of hydrogen-bond acceptors (Lipinski definition) is 2. The van der Waals surface area contributed by atoms with Crippen molar-refractivity contribution in [3.05, 3.63) is 29.6 Å². The van der Waals surface area contributed by atoms with Crippen LogP contribution in [0.4, 0.5) is 14.9 Å². The van der Waals surface area contributed by atoms with Gasteiger partial charge in [-0.25, -0.2) is 9.18 Å². The molecule has 1 aliphatic rings. The number of halogens is 1. The van der Waals surface area contributed by atoms with Crippen LogP contribution >= 0.6 is 0 Å². The third kappa shape index (κ3) is 3.46. The Morgan fingerprint density at radius 1 is 1.42 bits per heavy atom. The van der Waals surface area contributed by atoms with Crippen LogP contribution in [0.5, 0.6) is 0 Å². The Bertz CT molecular complexity index is 528. The van der Waals surface area contributed by atoms with Gasteiger partial charge in [0.15, 0.2) is 0 Å². The summed E-state index contributed by atoms with van der Waals surface area (Å²) in [6.07, 6.45) is 1.98. The predicted molar refractivity (Wildman–Crippen MR) is 70.2 cm³/mol. The Morgan fingerprint density at radius 2 is 2.16 bits per heavy atom. The summed E-state index contributed by atoms with van der Waals surface area (Å²) in [6.45, 7) is 1.16. The van der Waals surface area contributed by atoms with Gasteiger partial charge >= 0.3 is 6.03 Å². The predicted octanol–water partition coefficient (Wildman–Crippen LogP) is 1.80. The topological polar surface area (TPSA) is 52.6 Å². The van der Waals surface area contributed by atoms with E-state index in [1.54, 1.807) is 11.0 Å². The summed E-state index contributed by atoms with van der Waals surface area (Å²) in [5.74, 6) is 4.52. The average molecular weight is 262 g/mol. The highest BCUT2D eigenvalue weighted by Gasteiger charge is 2.18. The molecule has 2 N–H and O–H groups in total. The number of amides is 2. The van der Waals surface area contributed by atoms with Gasteiger partial charge in [-0.15, -0.1) is 0 Å². The van der Waals surface area contributed by atoms with Crippen LogP contribution < -0.4 is 5.32 Å². The van der Waals surface area contributed by atoms with Crippen molar-refractivity contribution in [1.82, 2.24) is 4.90 Å². The molecule has 1 heterocycles. The number of nitrogens with one attached hydrogen (secondary N) is 1. The molecule has 19 heavy (non-hydrogen) atoms. The van der Waals surface area contributed by atoms with E-state index in [0.29, 0.717) is 18.7 Å². The van der Waals surface area contributed by atoms with Gasteiger partial charge in [0.2, 0.25) is 0 Å². The average Bonchev–Trinajstić information content (AvgIpc) is 2.93. The molecule has 4 nitrogen and oxygen atoms in total. The molecule has 100 valence electrons. The molecule has 0 saturated carbocycles. The zero-order chi connectivity index (χ0) is 13.7. The van der Waals surface area contributed by atoms with Crippen molar-refractivity contribution < 1.29 is 14.3 Å². The highest BCUT2D eigenvalue weighted by Crippen LogP contribution is 2.17. The molecule has 5 heteroatoms. The number of likely N-dealkylation sites (tertiary alicyclic amines) is 1. The highest BCUT2D eigenvalue weighted by atomic mass is 19.1. The normalized spacial score (nSPS) is 13.9. The van der Waals surface area contributed by atoms with Gasteiger partial charge in [0, 0.05) is 18.7 Å². The van der Waals surface area contributed by atoms with Crippen molar-refractivity contribution >= 4 is 11.7 Å². The molecule has 1 aromatic rings. The summed E-state index contributed by atoms with van der Waals surface area (Å²) in [5.41, 5.74) is 0.608. The van der Waals surface area contributed by atoms with Gasteiger partial charge in [0.05, 0.1) is 5.69 Å².